The van der Waals surface area contributed by atoms with Gasteiger partial charge >= 0.3 is 5.97 Å². The van der Waals surface area contributed by atoms with Crippen LogP contribution >= 0.6 is 45.9 Å². The molecule has 4 rings (SSSR count). The molecule has 0 aliphatic carbocycles. The third kappa shape index (κ3) is 3.49. The van der Waals surface area contributed by atoms with Crippen LogP contribution < -0.4 is 11.1 Å². The summed E-state index contributed by atoms with van der Waals surface area (Å²) in [6.45, 7) is 0. The molecule has 0 saturated carbocycles. The molecule has 0 atom stereocenters. The molecule has 138 valence electrons. The highest BCUT2D eigenvalue weighted by molar-refractivity contribution is 7.21. The van der Waals surface area contributed by atoms with Gasteiger partial charge in [0.05, 0.1) is 38.3 Å². The Morgan fingerprint density at radius 3 is 1.96 bits per heavy atom. The van der Waals surface area contributed by atoms with Crippen molar-refractivity contribution in [1.82, 2.24) is 19.9 Å². The van der Waals surface area contributed by atoms with E-state index in [2.05, 4.69) is 19.9 Å². The van der Waals surface area contributed by atoms with Crippen LogP contribution in [0.15, 0.2) is 22.2 Å². The predicted molar refractivity (Wildman–Crippen MR) is 103 cm³/mol. The van der Waals surface area contributed by atoms with E-state index < -0.39 is 11.5 Å². The third-order valence-electron chi connectivity index (χ3n) is 3.20. The number of thiophene rings is 2. The van der Waals surface area contributed by atoms with Crippen LogP contribution in [0.4, 0.5) is 0 Å². The van der Waals surface area contributed by atoms with E-state index in [0.29, 0.717) is 20.8 Å². The summed E-state index contributed by atoms with van der Waals surface area (Å²) in [5.41, 5.74) is -0.747. The van der Waals surface area contributed by atoms with Crippen molar-refractivity contribution in [1.29, 1.82) is 0 Å². The molecule has 3 N–H and O–H groups in total. The lowest BCUT2D eigenvalue weighted by Gasteiger charge is -1.87. The van der Waals surface area contributed by atoms with Crippen LogP contribution in [0.2, 0.25) is 10.0 Å². The van der Waals surface area contributed by atoms with E-state index in [9.17, 15) is 19.2 Å². The Bertz CT molecular complexity index is 1310. The van der Waals surface area contributed by atoms with Crippen molar-refractivity contribution in [2.24, 2.45) is 0 Å². The van der Waals surface area contributed by atoms with Gasteiger partial charge in [0, 0.05) is 0 Å². The Morgan fingerprint density at radius 1 is 1.00 bits per heavy atom. The maximum atomic E-state index is 11.3. The number of aromatic carboxylic acids is 1. The minimum atomic E-state index is -1.16. The van der Waals surface area contributed by atoms with E-state index in [0.717, 1.165) is 22.7 Å². The molecular formula is C14H6Cl2N4O5S2. The van der Waals surface area contributed by atoms with Crippen molar-refractivity contribution in [3.8, 4) is 0 Å². The van der Waals surface area contributed by atoms with Crippen LogP contribution in [0, 0.1) is 0 Å². The number of fused-ring (bicyclic) bond motifs is 2. The van der Waals surface area contributed by atoms with Crippen molar-refractivity contribution < 1.29 is 14.7 Å². The molecule has 0 fully saturated rings. The fourth-order valence-electron chi connectivity index (χ4n) is 2.05. The van der Waals surface area contributed by atoms with Crippen molar-refractivity contribution >= 4 is 78.6 Å². The number of nitrogens with zero attached hydrogens (tertiary/aromatic N) is 2. The molecule has 0 aliphatic heterocycles. The van der Waals surface area contributed by atoms with Gasteiger partial charge in [-0.3, -0.25) is 14.4 Å². The van der Waals surface area contributed by atoms with Gasteiger partial charge < -0.3 is 15.1 Å². The molecule has 27 heavy (non-hydrogen) atoms. The van der Waals surface area contributed by atoms with Gasteiger partial charge in [0.1, 0.15) is 14.5 Å². The number of H-pyrrole nitrogens is 2. The molecule has 4 aromatic heterocycles. The van der Waals surface area contributed by atoms with Crippen molar-refractivity contribution in [3.05, 3.63) is 53.2 Å². The average molecular weight is 445 g/mol. The van der Waals surface area contributed by atoms with Gasteiger partial charge in [-0.1, -0.05) is 23.2 Å². The molecule has 0 bridgehead atoms. The van der Waals surface area contributed by atoms with Crippen molar-refractivity contribution in [2.75, 3.05) is 0 Å². The Morgan fingerprint density at radius 2 is 1.52 bits per heavy atom. The van der Waals surface area contributed by atoms with Crippen LogP contribution in [0.3, 0.4) is 0 Å². The average Bonchev–Trinajstić information content (AvgIpc) is 3.15. The van der Waals surface area contributed by atoms with Gasteiger partial charge in [0.15, 0.2) is 6.29 Å². The second-order valence-electron chi connectivity index (χ2n) is 4.77. The summed E-state index contributed by atoms with van der Waals surface area (Å²) in [5.74, 6) is -1.16. The molecular weight excluding hydrogens is 439 g/mol. The quantitative estimate of drug-likeness (QED) is 0.402. The lowest BCUT2D eigenvalue weighted by atomic mass is 10.3. The standard InChI is InChI=1S/C7H3ClN2O3S.C7H3ClN2O2S/c8-3-2-5(11)9-1-10-6(2)14-4(3)7(12)13;8-5-3(1-11)13-7-4(5)6(12)9-2-10-7/h1H,(H,12,13)(H,9,10,11);1-2H,(H,9,10,12). The minimum absolute atomic E-state index is 0.0492. The number of hydrogen-bond acceptors (Lipinski definition) is 8. The Kier molecular flexibility index (Phi) is 5.37. The summed E-state index contributed by atoms with van der Waals surface area (Å²) in [7, 11) is 0. The molecule has 0 aromatic carbocycles. The molecule has 9 nitrogen and oxygen atoms in total. The SMILES string of the molecule is O=C(O)c1sc2nc[nH]c(=O)c2c1Cl.O=Cc1sc2nc[nH]c(=O)c2c1Cl. The number of carboxylic acids is 1. The molecule has 0 saturated heterocycles. The topological polar surface area (TPSA) is 146 Å². The first kappa shape index (κ1) is 19.2. The maximum absolute atomic E-state index is 11.3. The van der Waals surface area contributed by atoms with Crippen LogP contribution in [0.25, 0.3) is 20.4 Å². The highest BCUT2D eigenvalue weighted by Crippen LogP contribution is 2.31. The predicted octanol–water partition coefficient (Wildman–Crippen LogP) is 2.79. The second kappa shape index (κ2) is 7.56. The largest absolute Gasteiger partial charge is 0.477 e. The normalized spacial score (nSPS) is 10.6. The Balaban J connectivity index is 0.000000156. The van der Waals surface area contributed by atoms with Crippen molar-refractivity contribution in [2.45, 2.75) is 0 Å². The molecule has 4 aromatic rings. The molecule has 0 aliphatic rings. The first-order valence-electron chi connectivity index (χ1n) is 6.85. The highest BCUT2D eigenvalue weighted by Gasteiger charge is 2.18. The summed E-state index contributed by atoms with van der Waals surface area (Å²) in [4.78, 5) is 57.2. The summed E-state index contributed by atoms with van der Waals surface area (Å²) in [5, 5.41) is 9.30. The van der Waals surface area contributed by atoms with Gasteiger partial charge in [0.2, 0.25) is 0 Å². The number of aldehydes is 1. The number of carbonyl (C=O) groups is 2. The van der Waals surface area contributed by atoms with Gasteiger partial charge in [-0.15, -0.1) is 22.7 Å². The van der Waals surface area contributed by atoms with Crippen LogP contribution in [0.5, 0.6) is 0 Å². The van der Waals surface area contributed by atoms with E-state index in [-0.39, 0.29) is 31.3 Å². The third-order valence-corrected chi connectivity index (χ3v) is 6.30. The fraction of sp³-hybridized carbons (Fsp3) is 0. The van der Waals surface area contributed by atoms with E-state index in [1.54, 1.807) is 0 Å². The fourth-order valence-corrected chi connectivity index (χ4v) is 4.59. The lowest BCUT2D eigenvalue weighted by Crippen LogP contribution is -2.04. The minimum Gasteiger partial charge on any atom is -0.477 e. The Labute approximate surface area is 166 Å². The van der Waals surface area contributed by atoms with E-state index in [1.165, 1.54) is 12.7 Å². The van der Waals surface area contributed by atoms with Gasteiger partial charge in [0.25, 0.3) is 11.1 Å². The van der Waals surface area contributed by atoms with Crippen LogP contribution in [-0.4, -0.2) is 37.3 Å². The molecule has 4 heterocycles. The molecule has 13 heteroatoms. The van der Waals surface area contributed by atoms with E-state index in [4.69, 9.17) is 28.3 Å². The number of nitrogens with one attached hydrogen (secondary N) is 2. The number of halogens is 2. The summed E-state index contributed by atoms with van der Waals surface area (Å²) in [6.07, 6.45) is 3.11. The molecule has 0 amide bonds. The van der Waals surface area contributed by atoms with Gasteiger partial charge in [-0.05, 0) is 0 Å². The molecule has 0 unspecified atom stereocenters. The smallest absolute Gasteiger partial charge is 0.347 e. The number of aromatic nitrogens is 4. The monoisotopic (exact) mass is 444 g/mol. The summed E-state index contributed by atoms with van der Waals surface area (Å²) < 4.78 is 0. The molecule has 0 spiro atoms. The highest BCUT2D eigenvalue weighted by atomic mass is 35.5. The number of aromatic amines is 2. The molecule has 0 radical (unpaired) electrons. The lowest BCUT2D eigenvalue weighted by molar-refractivity contribution is 0.0702. The first-order valence-corrected chi connectivity index (χ1v) is 9.23. The van der Waals surface area contributed by atoms with Crippen LogP contribution in [-0.2, 0) is 0 Å². The number of hydrogen-bond donors (Lipinski definition) is 3. The number of rotatable bonds is 2. The maximum Gasteiger partial charge on any atom is 0.347 e. The van der Waals surface area contributed by atoms with Gasteiger partial charge in [-0.25, -0.2) is 14.8 Å². The zero-order valence-electron chi connectivity index (χ0n) is 12.8. The second-order valence-corrected chi connectivity index (χ2v) is 7.56. The Hall–Kier alpha value is -2.60. The zero-order chi connectivity index (χ0) is 19.7. The number of carboxylic acid groups (broad SMARTS) is 1. The van der Waals surface area contributed by atoms with E-state index in [1.807, 2.05) is 0 Å². The van der Waals surface area contributed by atoms with Crippen molar-refractivity contribution in [3.63, 3.8) is 0 Å². The zero-order valence-corrected chi connectivity index (χ0v) is 15.9. The summed E-state index contributed by atoms with van der Waals surface area (Å²) in [6, 6.07) is 0. The summed E-state index contributed by atoms with van der Waals surface area (Å²) >= 11 is 13.5. The number of carbonyl (C=O) groups excluding carboxylic acids is 1. The van der Waals surface area contributed by atoms with E-state index >= 15 is 0 Å². The van der Waals surface area contributed by atoms with Crippen LogP contribution in [0.1, 0.15) is 19.3 Å². The van der Waals surface area contributed by atoms with Gasteiger partial charge in [-0.2, -0.15) is 0 Å². The first-order chi connectivity index (χ1) is 12.8.